The lowest BCUT2D eigenvalue weighted by Gasteiger charge is -2.09. The van der Waals surface area contributed by atoms with Gasteiger partial charge in [-0.1, -0.05) is 66.2 Å². The molecule has 0 radical (unpaired) electrons. The van der Waals surface area contributed by atoms with Gasteiger partial charge in [-0.25, -0.2) is 4.39 Å². The van der Waals surface area contributed by atoms with Crippen molar-refractivity contribution in [3.05, 3.63) is 113 Å². The van der Waals surface area contributed by atoms with Crippen LogP contribution in [0.1, 0.15) is 34.5 Å². The van der Waals surface area contributed by atoms with Crippen molar-refractivity contribution in [2.75, 3.05) is 0 Å². The second-order valence-electron chi connectivity index (χ2n) is 8.73. The van der Waals surface area contributed by atoms with E-state index in [1.807, 2.05) is 54.6 Å². The minimum Gasteiger partial charge on any atom is -0.325 e. The molecule has 3 heterocycles. The van der Waals surface area contributed by atoms with E-state index in [0.717, 1.165) is 59.4 Å². The highest BCUT2D eigenvalue weighted by molar-refractivity contribution is 6.30. The van der Waals surface area contributed by atoms with E-state index >= 15 is 0 Å². The van der Waals surface area contributed by atoms with Crippen LogP contribution in [0.4, 0.5) is 4.39 Å². The molecular weight excluding hydrogens is 447 g/mol. The van der Waals surface area contributed by atoms with Crippen LogP contribution in [0.25, 0.3) is 28.0 Å². The summed E-state index contributed by atoms with van der Waals surface area (Å²) in [6.07, 6.45) is 5.00. The fraction of sp³-hybridized carbons (Fsp3) is 0.138. The third kappa shape index (κ3) is 3.37. The van der Waals surface area contributed by atoms with Gasteiger partial charge < -0.3 is 4.57 Å². The Morgan fingerprint density at radius 1 is 0.853 bits per heavy atom. The molecule has 0 spiro atoms. The molecular formula is C29H22ClFN2O. The van der Waals surface area contributed by atoms with Crippen molar-refractivity contribution >= 4 is 23.0 Å². The van der Waals surface area contributed by atoms with Gasteiger partial charge in [0.1, 0.15) is 17.2 Å². The van der Waals surface area contributed by atoms with Crippen molar-refractivity contribution in [1.82, 2.24) is 8.97 Å². The third-order valence-electron chi connectivity index (χ3n) is 6.66. The SMILES string of the molecule is O=C(c1ccccc1)c1c(-c2ccc(F)cc2)c2c3n(c(-c4ccc(Cl)cc4)cn13)CCCC2. The van der Waals surface area contributed by atoms with Crippen LogP contribution in [0.5, 0.6) is 0 Å². The molecule has 0 saturated heterocycles. The molecule has 1 aliphatic heterocycles. The Hall–Kier alpha value is -3.63. The number of benzene rings is 3. The standard InChI is InChI=1S/C29H22ClFN2O/c30-22-13-9-19(10-14-22)25-18-33-27(28(34)21-6-2-1-3-7-21)26(20-11-15-23(31)16-12-20)24-8-4-5-17-32(25)29(24)33/h1-3,6-7,9-16,18H,4-5,8,17H2. The van der Waals surface area contributed by atoms with E-state index in [1.165, 1.54) is 12.1 Å². The van der Waals surface area contributed by atoms with Gasteiger partial charge in [0.2, 0.25) is 5.78 Å². The second kappa shape index (κ2) is 8.30. The molecule has 34 heavy (non-hydrogen) atoms. The molecule has 0 unspecified atom stereocenters. The van der Waals surface area contributed by atoms with Gasteiger partial charge in [0.15, 0.2) is 0 Å². The van der Waals surface area contributed by atoms with E-state index in [4.69, 9.17) is 11.6 Å². The molecule has 3 aromatic carbocycles. The van der Waals surface area contributed by atoms with Crippen molar-refractivity contribution < 1.29 is 9.18 Å². The Labute approximate surface area is 202 Å². The average Bonchev–Trinajstić information content (AvgIpc) is 3.28. The molecule has 168 valence electrons. The van der Waals surface area contributed by atoms with Gasteiger partial charge >= 0.3 is 0 Å². The van der Waals surface area contributed by atoms with E-state index < -0.39 is 0 Å². The minimum atomic E-state index is -0.288. The summed E-state index contributed by atoms with van der Waals surface area (Å²) in [7, 11) is 0. The zero-order chi connectivity index (χ0) is 23.2. The Morgan fingerprint density at radius 3 is 2.29 bits per heavy atom. The molecule has 6 rings (SSSR count). The Kier molecular flexibility index (Phi) is 5.11. The maximum absolute atomic E-state index is 13.9. The molecule has 5 aromatic rings. The summed E-state index contributed by atoms with van der Waals surface area (Å²) in [4.78, 5) is 13.9. The van der Waals surface area contributed by atoms with Gasteiger partial charge in [0.25, 0.3) is 0 Å². The zero-order valence-corrected chi connectivity index (χ0v) is 19.2. The van der Waals surface area contributed by atoms with Crippen LogP contribution in [0.3, 0.4) is 0 Å². The van der Waals surface area contributed by atoms with Crippen molar-refractivity contribution in [2.45, 2.75) is 25.8 Å². The monoisotopic (exact) mass is 468 g/mol. The first-order valence-electron chi connectivity index (χ1n) is 11.5. The van der Waals surface area contributed by atoms with Crippen molar-refractivity contribution in [1.29, 1.82) is 0 Å². The molecule has 0 fully saturated rings. The van der Waals surface area contributed by atoms with Crippen LogP contribution in [0.2, 0.25) is 5.02 Å². The number of imidazole rings is 1. The highest BCUT2D eigenvalue weighted by Crippen LogP contribution is 2.40. The van der Waals surface area contributed by atoms with Crippen LogP contribution in [-0.2, 0) is 13.0 Å². The van der Waals surface area contributed by atoms with E-state index in [1.54, 1.807) is 12.1 Å². The largest absolute Gasteiger partial charge is 0.325 e. The van der Waals surface area contributed by atoms with Gasteiger partial charge in [-0.3, -0.25) is 9.20 Å². The van der Waals surface area contributed by atoms with Gasteiger partial charge in [-0.2, -0.15) is 0 Å². The molecule has 0 aliphatic carbocycles. The molecule has 0 bridgehead atoms. The molecule has 0 saturated carbocycles. The lowest BCUT2D eigenvalue weighted by atomic mass is 9.95. The fourth-order valence-corrected chi connectivity index (χ4v) is 5.24. The number of nitrogens with zero attached hydrogens (tertiary/aromatic N) is 2. The first-order valence-corrected chi connectivity index (χ1v) is 11.9. The number of halogens is 2. The second-order valence-corrected chi connectivity index (χ2v) is 9.16. The summed E-state index contributed by atoms with van der Waals surface area (Å²) in [6, 6.07) is 23.7. The highest BCUT2D eigenvalue weighted by atomic mass is 35.5. The maximum atomic E-state index is 13.9. The average molecular weight is 469 g/mol. The molecule has 0 N–H and O–H groups in total. The van der Waals surface area contributed by atoms with Gasteiger partial charge in [0.05, 0.1) is 5.69 Å². The topological polar surface area (TPSA) is 26.4 Å². The number of carbonyl (C=O) groups excluding carboxylic acids is 1. The van der Waals surface area contributed by atoms with Crippen LogP contribution >= 0.6 is 11.6 Å². The summed E-state index contributed by atoms with van der Waals surface area (Å²) < 4.78 is 18.2. The van der Waals surface area contributed by atoms with Crippen molar-refractivity contribution in [3.8, 4) is 22.4 Å². The van der Waals surface area contributed by atoms with Crippen molar-refractivity contribution in [3.63, 3.8) is 0 Å². The van der Waals surface area contributed by atoms with E-state index in [-0.39, 0.29) is 11.6 Å². The number of ketones is 1. The Balaban J connectivity index is 1.68. The molecule has 1 aliphatic rings. The predicted molar refractivity (Wildman–Crippen MR) is 134 cm³/mol. The van der Waals surface area contributed by atoms with Crippen LogP contribution < -0.4 is 0 Å². The van der Waals surface area contributed by atoms with Gasteiger partial charge in [-0.15, -0.1) is 0 Å². The van der Waals surface area contributed by atoms with Crippen LogP contribution in [0, 0.1) is 5.82 Å². The molecule has 3 nitrogen and oxygen atoms in total. The van der Waals surface area contributed by atoms with E-state index in [0.29, 0.717) is 16.3 Å². The Bertz CT molecular complexity index is 1510. The first-order chi connectivity index (χ1) is 16.6. The number of carbonyl (C=O) groups is 1. The summed E-state index contributed by atoms with van der Waals surface area (Å²) >= 11 is 6.14. The minimum absolute atomic E-state index is 0.0402. The highest BCUT2D eigenvalue weighted by Gasteiger charge is 2.30. The van der Waals surface area contributed by atoms with Crippen LogP contribution in [-0.4, -0.2) is 14.8 Å². The molecule has 2 aromatic heterocycles. The fourth-order valence-electron chi connectivity index (χ4n) is 5.11. The number of rotatable bonds is 4. The summed E-state index contributed by atoms with van der Waals surface area (Å²) in [6.45, 7) is 0.868. The van der Waals surface area contributed by atoms with Crippen LogP contribution in [0.15, 0.2) is 85.1 Å². The summed E-state index contributed by atoms with van der Waals surface area (Å²) in [5.74, 6) is -0.328. The number of hydrogen-bond donors (Lipinski definition) is 0. The van der Waals surface area contributed by atoms with Crippen molar-refractivity contribution in [2.24, 2.45) is 0 Å². The molecule has 0 amide bonds. The normalized spacial score (nSPS) is 13.2. The lowest BCUT2D eigenvalue weighted by molar-refractivity contribution is 0.103. The smallest absolute Gasteiger partial charge is 0.210 e. The molecule has 5 heteroatoms. The number of aryl methyl sites for hydroxylation is 2. The first kappa shape index (κ1) is 20.9. The maximum Gasteiger partial charge on any atom is 0.210 e. The summed E-state index contributed by atoms with van der Waals surface area (Å²) in [5.41, 5.74) is 7.33. The summed E-state index contributed by atoms with van der Waals surface area (Å²) in [5, 5.41) is 0.692. The third-order valence-corrected chi connectivity index (χ3v) is 6.91. The van der Waals surface area contributed by atoms with E-state index in [2.05, 4.69) is 15.2 Å². The zero-order valence-electron chi connectivity index (χ0n) is 18.5. The molecule has 0 atom stereocenters. The lowest BCUT2D eigenvalue weighted by Crippen LogP contribution is -2.06. The Morgan fingerprint density at radius 2 is 1.56 bits per heavy atom. The van der Waals surface area contributed by atoms with E-state index in [9.17, 15) is 9.18 Å². The quantitative estimate of drug-likeness (QED) is 0.252. The van der Waals surface area contributed by atoms with Gasteiger partial charge in [0, 0.05) is 34.5 Å². The predicted octanol–water partition coefficient (Wildman–Crippen LogP) is 7.43. The number of aromatic nitrogens is 2. The van der Waals surface area contributed by atoms with Gasteiger partial charge in [-0.05, 0) is 54.7 Å². The number of hydrogen-bond acceptors (Lipinski definition) is 1.